The van der Waals surface area contributed by atoms with Crippen LogP contribution >= 0.6 is 23.2 Å². The number of furan rings is 2. The number of nitrogens with zero attached hydrogens (tertiary/aromatic N) is 3. The normalized spacial score (nSPS) is 11.4. The third-order valence-corrected chi connectivity index (χ3v) is 9.05. The average Bonchev–Trinajstić information content (AvgIpc) is 3.60. The highest BCUT2D eigenvalue weighted by atomic mass is 35.5. The molecule has 0 saturated heterocycles. The molecular formula is C22H16Cl2F2N4O6S2. The van der Waals surface area contributed by atoms with Gasteiger partial charge in [0.1, 0.15) is 34.0 Å². The first-order valence-electron chi connectivity index (χ1n) is 10.1. The first-order valence-corrected chi connectivity index (χ1v) is 14.2. The predicted octanol–water partition coefficient (Wildman–Crippen LogP) is 6.62. The summed E-state index contributed by atoms with van der Waals surface area (Å²) in [7, 11) is -7.25. The smallest absolute Gasteiger partial charge is 0.185 e. The molecule has 4 rings (SSSR count). The van der Waals surface area contributed by atoms with Gasteiger partial charge in [-0.3, -0.25) is 0 Å². The van der Waals surface area contributed by atoms with Crippen molar-refractivity contribution in [1.82, 2.24) is 0 Å². The Balaban J connectivity index is 0.000000212. The van der Waals surface area contributed by atoms with Crippen molar-refractivity contribution in [3.05, 3.63) is 105 Å². The second kappa shape index (κ2) is 11.9. The molecule has 0 saturated carbocycles. The number of nitrogens with two attached hydrogens (primary N) is 1. The minimum absolute atomic E-state index is 0.0109. The lowest BCUT2D eigenvalue weighted by atomic mass is 10.2. The van der Waals surface area contributed by atoms with Gasteiger partial charge in [0.15, 0.2) is 19.7 Å². The van der Waals surface area contributed by atoms with Crippen molar-refractivity contribution in [1.29, 1.82) is 0 Å². The number of azide groups is 1. The molecule has 0 aliphatic carbocycles. The van der Waals surface area contributed by atoms with E-state index in [1.807, 2.05) is 0 Å². The number of hydrogen-bond acceptors (Lipinski definition) is 8. The second-order valence-electron chi connectivity index (χ2n) is 7.43. The van der Waals surface area contributed by atoms with E-state index in [2.05, 4.69) is 10.0 Å². The van der Waals surface area contributed by atoms with Crippen molar-refractivity contribution in [2.24, 2.45) is 5.11 Å². The molecule has 38 heavy (non-hydrogen) atoms. The van der Waals surface area contributed by atoms with Gasteiger partial charge in [-0.2, -0.15) is 0 Å². The molecule has 2 N–H and O–H groups in total. The lowest BCUT2D eigenvalue weighted by molar-refractivity contribution is 0.555. The number of rotatable bonds is 7. The molecule has 0 bridgehead atoms. The highest BCUT2D eigenvalue weighted by molar-refractivity contribution is 7.91. The Morgan fingerprint density at radius 3 is 1.74 bits per heavy atom. The summed E-state index contributed by atoms with van der Waals surface area (Å²) < 4.78 is 84.0. The zero-order chi connectivity index (χ0) is 28.1. The van der Waals surface area contributed by atoms with E-state index in [1.165, 1.54) is 36.8 Å². The Hall–Kier alpha value is -3.55. The Morgan fingerprint density at radius 2 is 1.29 bits per heavy atom. The molecule has 2 heterocycles. The van der Waals surface area contributed by atoms with Crippen LogP contribution in [0.5, 0.6) is 0 Å². The number of sulfone groups is 2. The summed E-state index contributed by atoms with van der Waals surface area (Å²) >= 11 is 11.7. The average molecular weight is 605 g/mol. The fourth-order valence-corrected chi connectivity index (χ4v) is 6.19. The van der Waals surface area contributed by atoms with Crippen LogP contribution in [-0.2, 0) is 31.2 Å². The van der Waals surface area contributed by atoms with Crippen LogP contribution in [0, 0.1) is 11.6 Å². The van der Waals surface area contributed by atoms with Crippen LogP contribution in [-0.4, -0.2) is 16.8 Å². The van der Waals surface area contributed by atoms with Crippen molar-refractivity contribution in [2.45, 2.75) is 21.3 Å². The Labute approximate surface area is 225 Å². The fraction of sp³-hybridized carbons (Fsp3) is 0.0909. The van der Waals surface area contributed by atoms with Gasteiger partial charge >= 0.3 is 0 Å². The molecule has 2 aromatic heterocycles. The van der Waals surface area contributed by atoms with Gasteiger partial charge in [-0.05, 0) is 40.9 Å². The van der Waals surface area contributed by atoms with Crippen molar-refractivity contribution in [2.75, 3.05) is 5.73 Å². The molecule has 0 aliphatic rings. The van der Waals surface area contributed by atoms with Gasteiger partial charge in [-0.25, -0.2) is 25.6 Å². The molecule has 0 spiro atoms. The summed E-state index contributed by atoms with van der Waals surface area (Å²) in [4.78, 5) is 2.48. The Kier molecular flexibility index (Phi) is 9.07. The van der Waals surface area contributed by atoms with Crippen molar-refractivity contribution < 1.29 is 34.5 Å². The summed E-state index contributed by atoms with van der Waals surface area (Å²) in [6.45, 7) is 0. The summed E-state index contributed by atoms with van der Waals surface area (Å²) in [5.41, 5.74) is 13.5. The zero-order valence-corrected chi connectivity index (χ0v) is 22.0. The third kappa shape index (κ3) is 6.65. The van der Waals surface area contributed by atoms with Crippen LogP contribution in [0.3, 0.4) is 0 Å². The minimum Gasteiger partial charge on any atom is -0.471 e. The van der Waals surface area contributed by atoms with E-state index < -0.39 is 42.7 Å². The molecule has 2 aromatic carbocycles. The van der Waals surface area contributed by atoms with E-state index in [4.69, 9.17) is 43.3 Å². The molecule has 10 nitrogen and oxygen atoms in total. The van der Waals surface area contributed by atoms with Crippen LogP contribution in [0.2, 0.25) is 10.0 Å². The summed E-state index contributed by atoms with van der Waals surface area (Å²) in [6.07, 6.45) is 4.69. The number of halogens is 4. The molecule has 0 radical (unpaired) electrons. The van der Waals surface area contributed by atoms with E-state index in [9.17, 15) is 25.6 Å². The maximum Gasteiger partial charge on any atom is 0.185 e. The highest BCUT2D eigenvalue weighted by Gasteiger charge is 2.21. The quantitative estimate of drug-likeness (QED) is 0.107. The summed E-state index contributed by atoms with van der Waals surface area (Å²) in [5, 5.41) is 2.81. The number of hydrogen-bond donors (Lipinski definition) is 1. The van der Waals surface area contributed by atoms with Crippen molar-refractivity contribution in [3.63, 3.8) is 0 Å². The van der Waals surface area contributed by atoms with Crippen molar-refractivity contribution >= 4 is 54.3 Å². The summed E-state index contributed by atoms with van der Waals surface area (Å²) in [6, 6.07) is 7.23. The van der Waals surface area contributed by atoms with Gasteiger partial charge in [0.25, 0.3) is 0 Å². The lowest BCUT2D eigenvalue weighted by Crippen LogP contribution is -2.06. The molecule has 4 aromatic rings. The van der Waals surface area contributed by atoms with Crippen molar-refractivity contribution in [3.8, 4) is 0 Å². The van der Waals surface area contributed by atoms with E-state index in [0.29, 0.717) is 0 Å². The predicted molar refractivity (Wildman–Crippen MR) is 135 cm³/mol. The van der Waals surface area contributed by atoms with Gasteiger partial charge < -0.3 is 14.6 Å². The fourth-order valence-electron chi connectivity index (χ4n) is 2.99. The van der Waals surface area contributed by atoms with Gasteiger partial charge in [-0.15, -0.1) is 0 Å². The zero-order valence-electron chi connectivity index (χ0n) is 18.9. The van der Waals surface area contributed by atoms with E-state index >= 15 is 0 Å². The SMILES string of the molecule is Nc1c(F)ccc(CS(=O)(=O)c2ccoc2)c1Cl.[N-]=[N+]=Nc1c(F)ccc(CS(=O)(=O)c2ccoc2)c1Cl. The maximum absolute atomic E-state index is 13.4. The Bertz CT molecular complexity index is 1710. The standard InChI is InChI=1S/C11H7ClFN3O3S.C11H9ClFNO3S/c12-10-7(1-2-9(13)11(10)15-16-14)6-20(17,18)8-3-4-19-5-8;12-10-7(1-2-9(13)11(10)14)6-18(15,16)8-3-4-17-5-8/h1-5H,6H2;1-5H,6,14H2. The molecule has 0 atom stereocenters. The number of benzene rings is 2. The van der Waals surface area contributed by atoms with Crippen LogP contribution < -0.4 is 5.73 Å². The first-order chi connectivity index (χ1) is 17.9. The van der Waals surface area contributed by atoms with Gasteiger partial charge in [0.2, 0.25) is 0 Å². The third-order valence-electron chi connectivity index (χ3n) is 4.90. The van der Waals surface area contributed by atoms with E-state index in [-0.39, 0.29) is 42.4 Å². The molecule has 0 fully saturated rings. The van der Waals surface area contributed by atoms with E-state index in [0.717, 1.165) is 24.7 Å². The van der Waals surface area contributed by atoms with Gasteiger partial charge in [0.05, 0.1) is 45.5 Å². The molecular weight excluding hydrogens is 589 g/mol. The first kappa shape index (κ1) is 29.0. The summed E-state index contributed by atoms with van der Waals surface area (Å²) in [5.74, 6) is -2.32. The molecule has 16 heteroatoms. The second-order valence-corrected chi connectivity index (χ2v) is 12.2. The molecule has 0 amide bonds. The molecule has 0 aliphatic heterocycles. The minimum atomic E-state index is -3.67. The Morgan fingerprint density at radius 1 is 0.816 bits per heavy atom. The topological polar surface area (TPSA) is 169 Å². The molecule has 0 unspecified atom stereocenters. The monoisotopic (exact) mass is 604 g/mol. The highest BCUT2D eigenvalue weighted by Crippen LogP contribution is 2.34. The van der Waals surface area contributed by atoms with Gasteiger partial charge in [0, 0.05) is 4.91 Å². The van der Waals surface area contributed by atoms with Crippen LogP contribution in [0.4, 0.5) is 20.2 Å². The molecule has 200 valence electrons. The lowest BCUT2D eigenvalue weighted by Gasteiger charge is -2.07. The van der Waals surface area contributed by atoms with Crippen LogP contribution in [0.1, 0.15) is 11.1 Å². The van der Waals surface area contributed by atoms with Crippen LogP contribution in [0.25, 0.3) is 10.4 Å². The van der Waals surface area contributed by atoms with E-state index in [1.54, 1.807) is 0 Å². The van der Waals surface area contributed by atoms with Crippen LogP contribution in [0.15, 0.2) is 85.2 Å². The maximum atomic E-state index is 13.4. The number of anilines is 1. The largest absolute Gasteiger partial charge is 0.471 e. The van der Waals surface area contributed by atoms with Gasteiger partial charge in [-0.1, -0.05) is 40.4 Å². The number of nitrogen functional groups attached to an aromatic ring is 1.